The van der Waals surface area contributed by atoms with Crippen LogP contribution in [0.5, 0.6) is 0 Å². The van der Waals surface area contributed by atoms with Crippen LogP contribution in [0.3, 0.4) is 0 Å². The second-order valence-electron chi connectivity index (χ2n) is 6.17. The predicted octanol–water partition coefficient (Wildman–Crippen LogP) is 1.89. The third-order valence-corrected chi connectivity index (χ3v) is 3.94. The van der Waals surface area contributed by atoms with Gasteiger partial charge in [0.1, 0.15) is 16.9 Å². The van der Waals surface area contributed by atoms with Crippen LogP contribution in [0.2, 0.25) is 0 Å². The van der Waals surface area contributed by atoms with Gasteiger partial charge in [-0.2, -0.15) is 5.10 Å². The Morgan fingerprint density at radius 3 is 2.83 bits per heavy atom. The van der Waals surface area contributed by atoms with E-state index in [1.165, 1.54) is 6.26 Å². The zero-order valence-corrected chi connectivity index (χ0v) is 14.1. The Labute approximate surface area is 139 Å². The number of aliphatic hydroxyl groups is 1. The van der Waals surface area contributed by atoms with Crippen LogP contribution >= 0.6 is 0 Å². The van der Waals surface area contributed by atoms with Gasteiger partial charge in [0, 0.05) is 11.4 Å². The maximum atomic E-state index is 12.6. The van der Waals surface area contributed by atoms with Crippen molar-refractivity contribution in [1.29, 1.82) is 0 Å². The quantitative estimate of drug-likeness (QED) is 0.763. The molecule has 0 aromatic carbocycles. The summed E-state index contributed by atoms with van der Waals surface area (Å²) < 4.78 is 6.87. The number of fused-ring (bicyclic) bond motifs is 1. The number of nitrogens with one attached hydrogen (secondary N) is 1. The highest BCUT2D eigenvalue weighted by molar-refractivity contribution is 6.01. The van der Waals surface area contributed by atoms with Crippen LogP contribution in [-0.2, 0) is 5.60 Å². The van der Waals surface area contributed by atoms with Crippen LogP contribution in [0, 0.1) is 20.8 Å². The first kappa shape index (κ1) is 16.2. The Morgan fingerprint density at radius 1 is 1.42 bits per heavy atom. The predicted molar refractivity (Wildman–Crippen MR) is 87.8 cm³/mol. The minimum absolute atomic E-state index is 0.0148. The fourth-order valence-corrected chi connectivity index (χ4v) is 2.71. The monoisotopic (exact) mass is 328 g/mol. The normalized spacial score (nSPS) is 13.9. The van der Waals surface area contributed by atoms with E-state index >= 15 is 0 Å². The SMILES string of the molecule is Cc1cc(C)n2nc(C)c(C(=O)NCC(C)(O)c3ccco3)c2n1. The van der Waals surface area contributed by atoms with Gasteiger partial charge >= 0.3 is 0 Å². The molecule has 0 bridgehead atoms. The summed E-state index contributed by atoms with van der Waals surface area (Å²) in [5.74, 6) is 0.0658. The van der Waals surface area contributed by atoms with Crippen LogP contribution in [0.15, 0.2) is 28.9 Å². The number of amides is 1. The second kappa shape index (κ2) is 5.76. The van der Waals surface area contributed by atoms with E-state index in [0.29, 0.717) is 22.7 Å². The summed E-state index contributed by atoms with van der Waals surface area (Å²) in [4.78, 5) is 17.1. The van der Waals surface area contributed by atoms with Gasteiger partial charge in [-0.3, -0.25) is 4.79 Å². The van der Waals surface area contributed by atoms with Gasteiger partial charge < -0.3 is 14.8 Å². The molecule has 0 aliphatic heterocycles. The minimum Gasteiger partial charge on any atom is -0.466 e. The van der Waals surface area contributed by atoms with Crippen molar-refractivity contribution in [3.8, 4) is 0 Å². The second-order valence-corrected chi connectivity index (χ2v) is 6.17. The van der Waals surface area contributed by atoms with E-state index in [-0.39, 0.29) is 12.5 Å². The van der Waals surface area contributed by atoms with Crippen molar-refractivity contribution in [2.24, 2.45) is 0 Å². The Morgan fingerprint density at radius 2 is 2.17 bits per heavy atom. The number of hydrogen-bond donors (Lipinski definition) is 2. The lowest BCUT2D eigenvalue weighted by Gasteiger charge is -2.21. The lowest BCUT2D eigenvalue weighted by atomic mass is 10.0. The lowest BCUT2D eigenvalue weighted by Crippen LogP contribution is -2.38. The van der Waals surface area contributed by atoms with E-state index in [2.05, 4.69) is 15.4 Å². The van der Waals surface area contributed by atoms with E-state index in [0.717, 1.165) is 11.4 Å². The van der Waals surface area contributed by atoms with E-state index < -0.39 is 5.60 Å². The maximum Gasteiger partial charge on any atom is 0.257 e. The first-order valence-electron chi connectivity index (χ1n) is 7.68. The summed E-state index contributed by atoms with van der Waals surface area (Å²) in [7, 11) is 0. The molecule has 0 radical (unpaired) electrons. The highest BCUT2D eigenvalue weighted by atomic mass is 16.4. The lowest BCUT2D eigenvalue weighted by molar-refractivity contribution is 0.0330. The standard InChI is InChI=1S/C17H20N4O3/c1-10-8-11(2)21-15(19-10)14(12(3)20-21)16(22)18-9-17(4,23)13-6-5-7-24-13/h5-8,23H,9H2,1-4H3,(H,18,22). The zero-order chi connectivity index (χ0) is 17.5. The molecule has 0 saturated heterocycles. The van der Waals surface area contributed by atoms with Crippen molar-refractivity contribution in [1.82, 2.24) is 19.9 Å². The van der Waals surface area contributed by atoms with E-state index in [1.807, 2.05) is 19.9 Å². The largest absolute Gasteiger partial charge is 0.466 e. The number of carbonyl (C=O) groups excluding carboxylic acids is 1. The summed E-state index contributed by atoms with van der Waals surface area (Å²) in [5, 5.41) is 17.6. The third-order valence-electron chi connectivity index (χ3n) is 3.94. The van der Waals surface area contributed by atoms with Crippen LogP contribution in [0.4, 0.5) is 0 Å². The smallest absolute Gasteiger partial charge is 0.257 e. The number of nitrogens with zero attached hydrogens (tertiary/aromatic N) is 3. The Balaban J connectivity index is 1.88. The molecule has 3 aromatic rings. The number of aromatic nitrogens is 3. The first-order chi connectivity index (χ1) is 11.3. The van der Waals surface area contributed by atoms with Crippen LogP contribution < -0.4 is 5.32 Å². The minimum atomic E-state index is -1.30. The molecule has 24 heavy (non-hydrogen) atoms. The summed E-state index contributed by atoms with van der Waals surface area (Å²) in [6.45, 7) is 7.15. The third kappa shape index (κ3) is 2.78. The number of rotatable bonds is 4. The average molecular weight is 328 g/mol. The average Bonchev–Trinajstić information content (AvgIpc) is 3.13. The molecule has 1 unspecified atom stereocenters. The number of carbonyl (C=O) groups is 1. The molecule has 3 heterocycles. The van der Waals surface area contributed by atoms with Crippen LogP contribution in [0.25, 0.3) is 5.65 Å². The van der Waals surface area contributed by atoms with Gasteiger partial charge in [-0.25, -0.2) is 9.50 Å². The van der Waals surface area contributed by atoms with Crippen molar-refractivity contribution in [3.63, 3.8) is 0 Å². The molecule has 126 valence electrons. The Bertz CT molecular complexity index is 894. The first-order valence-corrected chi connectivity index (χ1v) is 7.68. The highest BCUT2D eigenvalue weighted by Crippen LogP contribution is 2.21. The number of aryl methyl sites for hydroxylation is 3. The number of hydrogen-bond acceptors (Lipinski definition) is 5. The van der Waals surface area contributed by atoms with Gasteiger partial charge in [0.25, 0.3) is 5.91 Å². The van der Waals surface area contributed by atoms with Gasteiger partial charge in [-0.15, -0.1) is 0 Å². The Kier molecular flexibility index (Phi) is 3.88. The van der Waals surface area contributed by atoms with Gasteiger partial charge in [-0.1, -0.05) is 0 Å². The van der Waals surface area contributed by atoms with E-state index in [9.17, 15) is 9.90 Å². The molecule has 7 nitrogen and oxygen atoms in total. The topological polar surface area (TPSA) is 92.7 Å². The molecule has 1 amide bonds. The summed E-state index contributed by atoms with van der Waals surface area (Å²) >= 11 is 0. The molecule has 0 spiro atoms. The molecule has 1 atom stereocenters. The summed E-state index contributed by atoms with van der Waals surface area (Å²) in [6.07, 6.45) is 1.48. The molecule has 0 saturated carbocycles. The fourth-order valence-electron chi connectivity index (χ4n) is 2.71. The van der Waals surface area contributed by atoms with Gasteiger partial charge in [0.15, 0.2) is 5.65 Å². The molecule has 7 heteroatoms. The van der Waals surface area contributed by atoms with Crippen LogP contribution in [0.1, 0.15) is 40.1 Å². The maximum absolute atomic E-state index is 12.6. The van der Waals surface area contributed by atoms with Gasteiger partial charge in [-0.05, 0) is 45.9 Å². The molecule has 3 rings (SSSR count). The zero-order valence-electron chi connectivity index (χ0n) is 14.1. The van der Waals surface area contributed by atoms with Crippen molar-refractivity contribution in [2.45, 2.75) is 33.3 Å². The molecule has 0 aliphatic carbocycles. The van der Waals surface area contributed by atoms with Crippen molar-refractivity contribution < 1.29 is 14.3 Å². The van der Waals surface area contributed by atoms with E-state index in [1.54, 1.807) is 30.5 Å². The summed E-state index contributed by atoms with van der Waals surface area (Å²) in [6, 6.07) is 5.26. The Hall–Kier alpha value is -2.67. The summed E-state index contributed by atoms with van der Waals surface area (Å²) in [5.41, 5.74) is 1.94. The van der Waals surface area contributed by atoms with Gasteiger partial charge in [0.2, 0.25) is 0 Å². The van der Waals surface area contributed by atoms with Crippen LogP contribution in [-0.4, -0.2) is 32.2 Å². The molecular weight excluding hydrogens is 308 g/mol. The molecule has 0 aliphatic rings. The van der Waals surface area contributed by atoms with Crippen molar-refractivity contribution in [3.05, 3.63) is 52.9 Å². The van der Waals surface area contributed by atoms with Crippen molar-refractivity contribution in [2.75, 3.05) is 6.54 Å². The molecule has 2 N–H and O–H groups in total. The van der Waals surface area contributed by atoms with Crippen molar-refractivity contribution >= 4 is 11.6 Å². The van der Waals surface area contributed by atoms with E-state index in [4.69, 9.17) is 4.42 Å². The molecule has 3 aromatic heterocycles. The number of furan rings is 1. The molecular formula is C17H20N4O3. The molecule has 0 fully saturated rings. The highest BCUT2D eigenvalue weighted by Gasteiger charge is 2.28. The van der Waals surface area contributed by atoms with Gasteiger partial charge in [0.05, 0.1) is 18.5 Å². The fraction of sp³-hybridized carbons (Fsp3) is 0.353.